The average molecular weight is 267 g/mol. The van der Waals surface area contributed by atoms with E-state index in [9.17, 15) is 0 Å². The fourth-order valence-corrected chi connectivity index (χ4v) is 3.24. The Bertz CT molecular complexity index is 373. The SMILES string of the molecule is CC(C)(C)N1CCC(NCc2sccc2N)CC1. The van der Waals surface area contributed by atoms with Crippen LogP contribution in [-0.4, -0.2) is 29.6 Å². The van der Waals surface area contributed by atoms with Crippen LogP contribution in [0.4, 0.5) is 5.69 Å². The van der Waals surface area contributed by atoms with E-state index in [1.54, 1.807) is 11.3 Å². The first kappa shape index (κ1) is 13.8. The summed E-state index contributed by atoms with van der Waals surface area (Å²) in [6, 6.07) is 2.63. The summed E-state index contributed by atoms with van der Waals surface area (Å²) in [7, 11) is 0. The van der Waals surface area contributed by atoms with Gasteiger partial charge in [0.15, 0.2) is 0 Å². The van der Waals surface area contributed by atoms with Crippen molar-refractivity contribution in [1.29, 1.82) is 0 Å². The predicted molar refractivity (Wildman–Crippen MR) is 79.9 cm³/mol. The van der Waals surface area contributed by atoms with Gasteiger partial charge in [-0.15, -0.1) is 11.3 Å². The standard InChI is InChI=1S/C14H25N3S/c1-14(2,3)17-7-4-11(5-8-17)16-10-13-12(15)6-9-18-13/h6,9,11,16H,4-5,7-8,10,15H2,1-3H3. The van der Waals surface area contributed by atoms with Crippen molar-refractivity contribution in [3.63, 3.8) is 0 Å². The van der Waals surface area contributed by atoms with E-state index in [0.29, 0.717) is 11.6 Å². The molecular weight excluding hydrogens is 242 g/mol. The van der Waals surface area contributed by atoms with Crippen LogP contribution in [0.15, 0.2) is 11.4 Å². The summed E-state index contributed by atoms with van der Waals surface area (Å²) in [5.74, 6) is 0. The van der Waals surface area contributed by atoms with Crippen LogP contribution in [-0.2, 0) is 6.54 Å². The quantitative estimate of drug-likeness (QED) is 0.884. The summed E-state index contributed by atoms with van der Waals surface area (Å²) in [6.45, 7) is 10.2. The molecule has 0 atom stereocenters. The number of likely N-dealkylation sites (tertiary alicyclic amines) is 1. The molecule has 0 amide bonds. The highest BCUT2D eigenvalue weighted by molar-refractivity contribution is 7.10. The Balaban J connectivity index is 1.76. The number of thiophene rings is 1. The molecule has 1 fully saturated rings. The highest BCUT2D eigenvalue weighted by Crippen LogP contribution is 2.22. The van der Waals surface area contributed by atoms with E-state index in [-0.39, 0.29) is 0 Å². The topological polar surface area (TPSA) is 41.3 Å². The van der Waals surface area contributed by atoms with Crippen molar-refractivity contribution in [2.75, 3.05) is 18.8 Å². The third kappa shape index (κ3) is 3.46. The number of piperidine rings is 1. The summed E-state index contributed by atoms with van der Waals surface area (Å²) in [5.41, 5.74) is 7.14. The Hall–Kier alpha value is -0.580. The lowest BCUT2D eigenvalue weighted by Gasteiger charge is -2.41. The molecule has 3 N–H and O–H groups in total. The van der Waals surface area contributed by atoms with Gasteiger partial charge in [-0.3, -0.25) is 4.90 Å². The molecule has 1 aromatic heterocycles. The molecule has 1 aliphatic heterocycles. The van der Waals surface area contributed by atoms with Crippen LogP contribution in [0.25, 0.3) is 0 Å². The van der Waals surface area contributed by atoms with Gasteiger partial charge in [0.25, 0.3) is 0 Å². The molecule has 0 spiro atoms. The van der Waals surface area contributed by atoms with Crippen LogP contribution in [0.1, 0.15) is 38.5 Å². The lowest BCUT2D eigenvalue weighted by atomic mass is 9.98. The van der Waals surface area contributed by atoms with Crippen molar-refractivity contribution >= 4 is 17.0 Å². The maximum Gasteiger partial charge on any atom is 0.0468 e. The molecule has 0 radical (unpaired) electrons. The molecule has 0 saturated carbocycles. The summed E-state index contributed by atoms with van der Waals surface area (Å²) in [4.78, 5) is 3.85. The highest BCUT2D eigenvalue weighted by atomic mass is 32.1. The zero-order valence-electron chi connectivity index (χ0n) is 11.7. The van der Waals surface area contributed by atoms with Crippen molar-refractivity contribution in [2.24, 2.45) is 0 Å². The molecule has 102 valence electrons. The van der Waals surface area contributed by atoms with E-state index < -0.39 is 0 Å². The van der Waals surface area contributed by atoms with E-state index in [1.807, 2.05) is 6.07 Å². The van der Waals surface area contributed by atoms with Crippen LogP contribution in [0.2, 0.25) is 0 Å². The van der Waals surface area contributed by atoms with Crippen molar-refractivity contribution in [1.82, 2.24) is 10.2 Å². The summed E-state index contributed by atoms with van der Waals surface area (Å²) in [5, 5.41) is 5.70. The van der Waals surface area contributed by atoms with E-state index in [0.717, 1.165) is 12.2 Å². The van der Waals surface area contributed by atoms with Crippen LogP contribution in [0.3, 0.4) is 0 Å². The van der Waals surface area contributed by atoms with Crippen molar-refractivity contribution in [2.45, 2.75) is 51.7 Å². The second-order valence-corrected chi connectivity index (χ2v) is 7.11. The molecule has 0 bridgehead atoms. The Kier molecular flexibility index (Phi) is 4.30. The van der Waals surface area contributed by atoms with Crippen LogP contribution in [0.5, 0.6) is 0 Å². The Morgan fingerprint density at radius 3 is 2.56 bits per heavy atom. The molecule has 0 aromatic carbocycles. The molecule has 4 heteroatoms. The van der Waals surface area contributed by atoms with Crippen molar-refractivity contribution in [3.05, 3.63) is 16.3 Å². The summed E-state index contributed by atoms with van der Waals surface area (Å²) < 4.78 is 0. The van der Waals surface area contributed by atoms with Gasteiger partial charge >= 0.3 is 0 Å². The molecule has 1 aromatic rings. The lowest BCUT2D eigenvalue weighted by Crippen LogP contribution is -2.49. The molecule has 1 aliphatic rings. The van der Waals surface area contributed by atoms with Gasteiger partial charge in [-0.2, -0.15) is 0 Å². The Morgan fingerprint density at radius 2 is 2.06 bits per heavy atom. The molecule has 0 unspecified atom stereocenters. The molecule has 2 heterocycles. The average Bonchev–Trinajstić information content (AvgIpc) is 2.72. The molecule has 18 heavy (non-hydrogen) atoms. The zero-order chi connectivity index (χ0) is 13.2. The first-order chi connectivity index (χ1) is 8.47. The Morgan fingerprint density at radius 1 is 1.39 bits per heavy atom. The van der Waals surface area contributed by atoms with Gasteiger partial charge < -0.3 is 11.1 Å². The number of nitrogens with two attached hydrogens (primary N) is 1. The summed E-state index contributed by atoms with van der Waals surface area (Å²) in [6.07, 6.45) is 2.48. The number of hydrogen-bond donors (Lipinski definition) is 2. The lowest BCUT2D eigenvalue weighted by molar-refractivity contribution is 0.0961. The van der Waals surface area contributed by atoms with Gasteiger partial charge in [-0.25, -0.2) is 0 Å². The third-order valence-electron chi connectivity index (χ3n) is 3.77. The van der Waals surface area contributed by atoms with Crippen molar-refractivity contribution in [3.8, 4) is 0 Å². The van der Waals surface area contributed by atoms with Gasteiger partial charge in [-0.05, 0) is 45.1 Å². The first-order valence-corrected chi connectivity index (χ1v) is 7.65. The second kappa shape index (κ2) is 5.59. The van der Waals surface area contributed by atoms with Crippen molar-refractivity contribution < 1.29 is 0 Å². The van der Waals surface area contributed by atoms with Gasteiger partial charge in [0.1, 0.15) is 0 Å². The van der Waals surface area contributed by atoms with Crippen LogP contribution < -0.4 is 11.1 Å². The maximum absolute atomic E-state index is 5.90. The van der Waals surface area contributed by atoms with E-state index in [2.05, 4.69) is 36.4 Å². The first-order valence-electron chi connectivity index (χ1n) is 6.77. The number of anilines is 1. The van der Waals surface area contributed by atoms with Crippen LogP contribution >= 0.6 is 11.3 Å². The monoisotopic (exact) mass is 267 g/mol. The Labute approximate surface area is 114 Å². The largest absolute Gasteiger partial charge is 0.398 e. The molecular formula is C14H25N3S. The highest BCUT2D eigenvalue weighted by Gasteiger charge is 2.26. The summed E-state index contributed by atoms with van der Waals surface area (Å²) >= 11 is 1.75. The molecule has 3 nitrogen and oxygen atoms in total. The zero-order valence-corrected chi connectivity index (χ0v) is 12.5. The smallest absolute Gasteiger partial charge is 0.0468 e. The fraction of sp³-hybridized carbons (Fsp3) is 0.714. The number of hydrogen-bond acceptors (Lipinski definition) is 4. The normalized spacial score (nSPS) is 19.3. The number of rotatable bonds is 3. The molecule has 1 saturated heterocycles. The maximum atomic E-state index is 5.90. The number of nitrogens with zero attached hydrogens (tertiary/aromatic N) is 1. The number of nitrogen functional groups attached to an aromatic ring is 1. The van der Waals surface area contributed by atoms with Gasteiger partial charge in [0.05, 0.1) is 0 Å². The molecule has 0 aliphatic carbocycles. The van der Waals surface area contributed by atoms with E-state index in [4.69, 9.17) is 5.73 Å². The van der Waals surface area contributed by atoms with Gasteiger partial charge in [-0.1, -0.05) is 0 Å². The van der Waals surface area contributed by atoms with Crippen LogP contribution in [0, 0.1) is 0 Å². The minimum absolute atomic E-state index is 0.309. The fourth-order valence-electron chi connectivity index (χ4n) is 2.49. The second-order valence-electron chi connectivity index (χ2n) is 6.11. The van der Waals surface area contributed by atoms with E-state index >= 15 is 0 Å². The van der Waals surface area contributed by atoms with E-state index in [1.165, 1.54) is 30.8 Å². The molecule has 2 rings (SSSR count). The predicted octanol–water partition coefficient (Wildman–Crippen LogP) is 2.68. The number of nitrogens with one attached hydrogen (secondary N) is 1. The minimum atomic E-state index is 0.309. The van der Waals surface area contributed by atoms with Gasteiger partial charge in [0.2, 0.25) is 0 Å². The minimum Gasteiger partial charge on any atom is -0.398 e. The van der Waals surface area contributed by atoms with Gasteiger partial charge in [0, 0.05) is 41.8 Å². The third-order valence-corrected chi connectivity index (χ3v) is 4.71.